The van der Waals surface area contributed by atoms with Gasteiger partial charge in [-0.15, -0.1) is 0 Å². The Hall–Kier alpha value is -0.870. The molecule has 0 saturated heterocycles. The average molecular weight is 270 g/mol. The van der Waals surface area contributed by atoms with Crippen LogP contribution in [-0.4, -0.2) is 25.0 Å². The zero-order chi connectivity index (χ0) is 13.8. The molecule has 0 aromatic heterocycles. The van der Waals surface area contributed by atoms with Crippen LogP contribution >= 0.6 is 0 Å². The highest BCUT2D eigenvalue weighted by Crippen LogP contribution is 2.28. The molecule has 1 aromatic carbocycles. The Kier molecular flexibility index (Phi) is 4.93. The van der Waals surface area contributed by atoms with E-state index in [0.717, 1.165) is 11.1 Å². The van der Waals surface area contributed by atoms with Crippen LogP contribution in [0.3, 0.4) is 0 Å². The van der Waals surface area contributed by atoms with Gasteiger partial charge in [-0.3, -0.25) is 0 Å². The van der Waals surface area contributed by atoms with Gasteiger partial charge in [-0.2, -0.15) is 0 Å². The Labute approximate surface area is 110 Å². The van der Waals surface area contributed by atoms with Crippen LogP contribution in [0.25, 0.3) is 0 Å². The lowest BCUT2D eigenvalue weighted by molar-refractivity contribution is 0.0466. The summed E-state index contributed by atoms with van der Waals surface area (Å²) in [6.45, 7) is 5.34. The van der Waals surface area contributed by atoms with Crippen LogP contribution in [0.15, 0.2) is 24.3 Å². The van der Waals surface area contributed by atoms with Crippen molar-refractivity contribution in [2.24, 2.45) is 0 Å². The van der Waals surface area contributed by atoms with Gasteiger partial charge in [0.25, 0.3) is 0 Å². The molecule has 3 nitrogen and oxygen atoms in total. The molecule has 0 amide bonds. The number of sulfone groups is 1. The molecule has 18 heavy (non-hydrogen) atoms. The lowest BCUT2D eigenvalue weighted by Crippen LogP contribution is -2.23. The third-order valence-electron chi connectivity index (χ3n) is 3.28. The molecule has 1 unspecified atom stereocenters. The van der Waals surface area contributed by atoms with Gasteiger partial charge in [0.1, 0.15) is 9.84 Å². The summed E-state index contributed by atoms with van der Waals surface area (Å²) in [4.78, 5) is 0. The first-order chi connectivity index (χ1) is 8.28. The Morgan fingerprint density at radius 1 is 1.28 bits per heavy atom. The molecule has 1 N–H and O–H groups in total. The molecule has 1 rings (SSSR count). The maximum atomic E-state index is 11.4. The lowest BCUT2D eigenvalue weighted by atomic mass is 9.88. The van der Waals surface area contributed by atoms with Crippen LogP contribution in [0.5, 0.6) is 0 Å². The highest BCUT2D eigenvalue weighted by molar-refractivity contribution is 7.91. The van der Waals surface area contributed by atoms with E-state index in [9.17, 15) is 13.5 Å². The third kappa shape index (κ3) is 4.10. The number of hydrogen-bond acceptors (Lipinski definition) is 3. The van der Waals surface area contributed by atoms with Gasteiger partial charge in [-0.05, 0) is 37.8 Å². The van der Waals surface area contributed by atoms with E-state index >= 15 is 0 Å². The number of aliphatic hydroxyl groups is 1. The lowest BCUT2D eigenvalue weighted by Gasteiger charge is -2.25. The van der Waals surface area contributed by atoms with Crippen molar-refractivity contribution < 1.29 is 13.5 Å². The Morgan fingerprint density at radius 3 is 2.44 bits per heavy atom. The summed E-state index contributed by atoms with van der Waals surface area (Å²) in [5, 5.41) is 10.4. The second kappa shape index (κ2) is 5.85. The van der Waals surface area contributed by atoms with Crippen LogP contribution in [0, 0.1) is 6.92 Å². The van der Waals surface area contributed by atoms with Gasteiger partial charge < -0.3 is 5.11 Å². The summed E-state index contributed by atoms with van der Waals surface area (Å²) in [6, 6.07) is 7.66. The number of benzene rings is 1. The molecule has 0 aliphatic heterocycles. The Morgan fingerprint density at radius 2 is 1.89 bits per heavy atom. The predicted molar refractivity (Wildman–Crippen MR) is 74.3 cm³/mol. The number of rotatable bonds is 6. The van der Waals surface area contributed by atoms with E-state index in [2.05, 4.69) is 0 Å². The van der Waals surface area contributed by atoms with Gasteiger partial charge in [0.15, 0.2) is 0 Å². The second-order valence-electron chi connectivity index (χ2n) is 4.93. The fourth-order valence-corrected chi connectivity index (χ4v) is 2.97. The summed E-state index contributed by atoms with van der Waals surface area (Å²) in [7, 11) is -2.95. The van der Waals surface area contributed by atoms with Gasteiger partial charge in [0, 0.05) is 5.75 Å². The molecule has 0 aliphatic carbocycles. The van der Waals surface area contributed by atoms with E-state index in [0.29, 0.717) is 12.8 Å². The van der Waals surface area contributed by atoms with Crippen molar-refractivity contribution in [1.29, 1.82) is 0 Å². The SMILES string of the molecule is CCS(=O)(=O)CCCC(C)(O)c1ccccc1C. The first kappa shape index (κ1) is 15.2. The number of aryl methyl sites for hydroxylation is 1. The van der Waals surface area contributed by atoms with Crippen LogP contribution < -0.4 is 0 Å². The summed E-state index contributed by atoms with van der Waals surface area (Å²) in [6.07, 6.45) is 0.939. The molecule has 0 radical (unpaired) electrons. The van der Waals surface area contributed by atoms with E-state index in [1.54, 1.807) is 13.8 Å². The molecule has 0 saturated carbocycles. The zero-order valence-corrected chi connectivity index (χ0v) is 12.1. The molecule has 0 heterocycles. The summed E-state index contributed by atoms with van der Waals surface area (Å²) in [5.41, 5.74) is 0.939. The van der Waals surface area contributed by atoms with E-state index in [4.69, 9.17) is 0 Å². The smallest absolute Gasteiger partial charge is 0.150 e. The number of hydrogen-bond donors (Lipinski definition) is 1. The maximum absolute atomic E-state index is 11.4. The average Bonchev–Trinajstić information content (AvgIpc) is 2.29. The molecule has 0 spiro atoms. The predicted octanol–water partition coefficient (Wildman–Crippen LogP) is 2.42. The van der Waals surface area contributed by atoms with E-state index in [1.165, 1.54) is 0 Å². The minimum absolute atomic E-state index is 0.144. The van der Waals surface area contributed by atoms with Crippen molar-refractivity contribution in [3.63, 3.8) is 0 Å². The van der Waals surface area contributed by atoms with Crippen LogP contribution in [0.1, 0.15) is 37.8 Å². The van der Waals surface area contributed by atoms with E-state index in [1.807, 2.05) is 31.2 Å². The molecule has 4 heteroatoms. The van der Waals surface area contributed by atoms with Crippen molar-refractivity contribution in [3.05, 3.63) is 35.4 Å². The summed E-state index contributed by atoms with van der Waals surface area (Å²) < 4.78 is 22.8. The van der Waals surface area contributed by atoms with Gasteiger partial charge in [-0.25, -0.2) is 8.42 Å². The fraction of sp³-hybridized carbons (Fsp3) is 0.571. The maximum Gasteiger partial charge on any atom is 0.150 e. The first-order valence-electron chi connectivity index (χ1n) is 6.27. The van der Waals surface area contributed by atoms with Gasteiger partial charge in [0.05, 0.1) is 11.4 Å². The molecule has 1 atom stereocenters. The highest BCUT2D eigenvalue weighted by atomic mass is 32.2. The second-order valence-corrected chi connectivity index (χ2v) is 7.40. The highest BCUT2D eigenvalue weighted by Gasteiger charge is 2.24. The van der Waals surface area contributed by atoms with Crippen molar-refractivity contribution in [2.45, 2.75) is 39.2 Å². The molecule has 1 aromatic rings. The molecular formula is C14H22O3S. The quantitative estimate of drug-likeness (QED) is 0.863. The molecule has 0 bridgehead atoms. The first-order valence-corrected chi connectivity index (χ1v) is 8.09. The topological polar surface area (TPSA) is 54.4 Å². The summed E-state index contributed by atoms with van der Waals surface area (Å²) in [5.74, 6) is 0.311. The fourth-order valence-electron chi connectivity index (χ4n) is 2.09. The monoisotopic (exact) mass is 270 g/mol. The van der Waals surface area contributed by atoms with Gasteiger partial charge in [-0.1, -0.05) is 31.2 Å². The van der Waals surface area contributed by atoms with Crippen molar-refractivity contribution in [1.82, 2.24) is 0 Å². The van der Waals surface area contributed by atoms with Crippen molar-refractivity contribution >= 4 is 9.84 Å². The van der Waals surface area contributed by atoms with E-state index < -0.39 is 15.4 Å². The zero-order valence-electron chi connectivity index (χ0n) is 11.3. The summed E-state index contributed by atoms with van der Waals surface area (Å²) >= 11 is 0. The Balaban J connectivity index is 2.69. The van der Waals surface area contributed by atoms with Crippen molar-refractivity contribution in [2.75, 3.05) is 11.5 Å². The molecule has 0 aliphatic rings. The standard InChI is InChI=1S/C14H22O3S/c1-4-18(16,17)11-7-10-14(3,15)13-9-6-5-8-12(13)2/h5-6,8-9,15H,4,7,10-11H2,1-3H3. The van der Waals surface area contributed by atoms with E-state index in [-0.39, 0.29) is 11.5 Å². The minimum Gasteiger partial charge on any atom is -0.385 e. The molecular weight excluding hydrogens is 248 g/mol. The van der Waals surface area contributed by atoms with Crippen molar-refractivity contribution in [3.8, 4) is 0 Å². The molecule has 102 valence electrons. The molecule has 0 fully saturated rings. The van der Waals surface area contributed by atoms with Gasteiger partial charge >= 0.3 is 0 Å². The van der Waals surface area contributed by atoms with Crippen LogP contribution in [0.2, 0.25) is 0 Å². The largest absolute Gasteiger partial charge is 0.385 e. The normalized spacial score (nSPS) is 15.3. The van der Waals surface area contributed by atoms with Gasteiger partial charge in [0.2, 0.25) is 0 Å². The Bertz CT molecular complexity index is 490. The minimum atomic E-state index is -2.95. The van der Waals surface area contributed by atoms with Crippen LogP contribution in [-0.2, 0) is 15.4 Å². The third-order valence-corrected chi connectivity index (χ3v) is 5.07. The van der Waals surface area contributed by atoms with Crippen LogP contribution in [0.4, 0.5) is 0 Å².